The average molecular weight is 381 g/mol. The summed E-state index contributed by atoms with van der Waals surface area (Å²) < 4.78 is 65.9. The molecule has 3 atom stereocenters. The SMILES string of the molecule is CC(C)Nc1nc(NC(C)C(F)(F)F)nc(C2=C(F)C(O)C(F)CC2)n1. The van der Waals surface area contributed by atoms with Crippen molar-refractivity contribution in [2.75, 3.05) is 10.6 Å². The molecular formula is C15H20F5N5O. The molecule has 1 aromatic heterocycles. The fourth-order valence-corrected chi connectivity index (χ4v) is 2.29. The van der Waals surface area contributed by atoms with Gasteiger partial charge in [-0.1, -0.05) is 0 Å². The van der Waals surface area contributed by atoms with E-state index in [1.165, 1.54) is 0 Å². The zero-order valence-electron chi connectivity index (χ0n) is 14.4. The number of allylic oxidation sites excluding steroid dienone is 1. The van der Waals surface area contributed by atoms with E-state index in [9.17, 15) is 27.1 Å². The van der Waals surface area contributed by atoms with Gasteiger partial charge >= 0.3 is 6.18 Å². The molecule has 1 aliphatic rings. The molecule has 0 spiro atoms. The predicted molar refractivity (Wildman–Crippen MR) is 85.9 cm³/mol. The number of halogens is 5. The van der Waals surface area contributed by atoms with Gasteiger partial charge in [0.25, 0.3) is 0 Å². The van der Waals surface area contributed by atoms with Gasteiger partial charge in [-0.25, -0.2) is 8.78 Å². The molecule has 26 heavy (non-hydrogen) atoms. The minimum Gasteiger partial charge on any atom is -0.383 e. The molecule has 0 saturated heterocycles. The highest BCUT2D eigenvalue weighted by molar-refractivity contribution is 5.65. The Bertz CT molecular complexity index is 679. The molecule has 2 rings (SSSR count). The average Bonchev–Trinajstić information content (AvgIpc) is 2.51. The van der Waals surface area contributed by atoms with Gasteiger partial charge in [-0.15, -0.1) is 0 Å². The standard InChI is InChI=1S/C15H20F5N5O/c1-6(2)21-13-23-12(8-4-5-9(16)11(26)10(8)17)24-14(25-13)22-7(3)15(18,19)20/h6-7,9,11,26H,4-5H2,1-3H3,(H2,21,22,23,24,25). The van der Waals surface area contributed by atoms with E-state index in [1.54, 1.807) is 13.8 Å². The van der Waals surface area contributed by atoms with Crippen LogP contribution in [0.15, 0.2) is 5.83 Å². The number of hydrogen-bond donors (Lipinski definition) is 3. The topological polar surface area (TPSA) is 83.0 Å². The monoisotopic (exact) mass is 381 g/mol. The van der Waals surface area contributed by atoms with Crippen LogP contribution in [-0.4, -0.2) is 50.6 Å². The van der Waals surface area contributed by atoms with Crippen molar-refractivity contribution in [3.05, 3.63) is 11.7 Å². The Labute approximate surface area is 146 Å². The molecule has 6 nitrogen and oxygen atoms in total. The Morgan fingerprint density at radius 1 is 1.08 bits per heavy atom. The molecule has 0 saturated carbocycles. The summed E-state index contributed by atoms with van der Waals surface area (Å²) >= 11 is 0. The van der Waals surface area contributed by atoms with E-state index in [1.807, 2.05) is 0 Å². The first-order valence-electron chi connectivity index (χ1n) is 8.06. The Balaban J connectivity index is 2.44. The van der Waals surface area contributed by atoms with Gasteiger partial charge in [-0.2, -0.15) is 28.1 Å². The van der Waals surface area contributed by atoms with Crippen LogP contribution in [0.1, 0.15) is 39.4 Å². The normalized spacial score (nSPS) is 22.5. The summed E-state index contributed by atoms with van der Waals surface area (Å²) in [6.07, 6.45) is -8.47. The van der Waals surface area contributed by atoms with Crippen molar-refractivity contribution < 1.29 is 27.1 Å². The quantitative estimate of drug-likeness (QED) is 0.680. The summed E-state index contributed by atoms with van der Waals surface area (Å²) in [6, 6.07) is -2.10. The molecule has 0 amide bonds. The Hall–Kier alpha value is -2.04. The molecule has 0 fully saturated rings. The van der Waals surface area contributed by atoms with Crippen LogP contribution in [-0.2, 0) is 0 Å². The van der Waals surface area contributed by atoms with Crippen LogP contribution in [0.25, 0.3) is 5.57 Å². The first-order chi connectivity index (χ1) is 12.0. The van der Waals surface area contributed by atoms with Crippen LogP contribution < -0.4 is 10.6 Å². The van der Waals surface area contributed by atoms with Crippen molar-refractivity contribution in [3.63, 3.8) is 0 Å². The van der Waals surface area contributed by atoms with Crippen molar-refractivity contribution in [3.8, 4) is 0 Å². The van der Waals surface area contributed by atoms with Crippen LogP contribution >= 0.6 is 0 Å². The molecule has 0 aromatic carbocycles. The lowest BCUT2D eigenvalue weighted by molar-refractivity contribution is -0.138. The van der Waals surface area contributed by atoms with E-state index >= 15 is 0 Å². The summed E-state index contributed by atoms with van der Waals surface area (Å²) in [5.74, 6) is -1.83. The van der Waals surface area contributed by atoms with Crippen LogP contribution in [0.2, 0.25) is 0 Å². The number of nitrogens with one attached hydrogen (secondary N) is 2. The second kappa shape index (κ2) is 7.68. The molecule has 146 valence electrons. The van der Waals surface area contributed by atoms with Gasteiger partial charge in [0.2, 0.25) is 11.9 Å². The van der Waals surface area contributed by atoms with E-state index in [0.29, 0.717) is 0 Å². The maximum Gasteiger partial charge on any atom is 0.408 e. The van der Waals surface area contributed by atoms with Crippen molar-refractivity contribution in [1.82, 2.24) is 15.0 Å². The van der Waals surface area contributed by atoms with Gasteiger partial charge in [0.05, 0.1) is 0 Å². The van der Waals surface area contributed by atoms with Crippen LogP contribution in [0.4, 0.5) is 33.8 Å². The largest absolute Gasteiger partial charge is 0.408 e. The van der Waals surface area contributed by atoms with Crippen molar-refractivity contribution in [2.45, 2.75) is 64.1 Å². The predicted octanol–water partition coefficient (Wildman–Crippen LogP) is 3.23. The summed E-state index contributed by atoms with van der Waals surface area (Å²) in [5, 5.41) is 14.5. The molecule has 1 aromatic rings. The third-order valence-electron chi connectivity index (χ3n) is 3.72. The van der Waals surface area contributed by atoms with E-state index in [4.69, 9.17) is 0 Å². The maximum absolute atomic E-state index is 14.2. The Kier molecular flexibility index (Phi) is 5.99. The lowest BCUT2D eigenvalue weighted by Gasteiger charge is -2.23. The summed E-state index contributed by atoms with van der Waals surface area (Å²) in [4.78, 5) is 11.7. The number of aliphatic hydroxyl groups is 1. The van der Waals surface area contributed by atoms with Crippen LogP contribution in [0.3, 0.4) is 0 Å². The highest BCUT2D eigenvalue weighted by Gasteiger charge is 2.37. The zero-order chi connectivity index (χ0) is 19.6. The highest BCUT2D eigenvalue weighted by Crippen LogP contribution is 2.34. The number of rotatable bonds is 5. The Morgan fingerprint density at radius 3 is 2.19 bits per heavy atom. The molecule has 0 aliphatic heterocycles. The molecule has 3 unspecified atom stereocenters. The zero-order valence-corrected chi connectivity index (χ0v) is 14.4. The fraction of sp³-hybridized carbons (Fsp3) is 0.667. The highest BCUT2D eigenvalue weighted by atomic mass is 19.4. The van der Waals surface area contributed by atoms with E-state index < -0.39 is 36.3 Å². The number of nitrogens with zero attached hydrogens (tertiary/aromatic N) is 3. The molecule has 1 aliphatic carbocycles. The summed E-state index contributed by atoms with van der Waals surface area (Å²) in [7, 11) is 0. The van der Waals surface area contributed by atoms with Gasteiger partial charge < -0.3 is 15.7 Å². The van der Waals surface area contributed by atoms with Crippen molar-refractivity contribution >= 4 is 17.5 Å². The van der Waals surface area contributed by atoms with Gasteiger partial charge in [-0.3, -0.25) is 0 Å². The second-order valence-corrected chi connectivity index (χ2v) is 6.34. The Morgan fingerprint density at radius 2 is 1.65 bits per heavy atom. The van der Waals surface area contributed by atoms with Crippen LogP contribution in [0, 0.1) is 0 Å². The number of aromatic nitrogens is 3. The number of aliphatic hydroxyl groups excluding tert-OH is 1. The van der Waals surface area contributed by atoms with Crippen LogP contribution in [0.5, 0.6) is 0 Å². The lowest BCUT2D eigenvalue weighted by Crippen LogP contribution is -2.34. The van der Waals surface area contributed by atoms with E-state index in [0.717, 1.165) is 6.92 Å². The van der Waals surface area contributed by atoms with E-state index in [-0.39, 0.29) is 36.2 Å². The molecule has 0 bridgehead atoms. The number of alkyl halides is 4. The maximum atomic E-state index is 14.2. The molecule has 1 heterocycles. The van der Waals surface area contributed by atoms with Crippen molar-refractivity contribution in [2.24, 2.45) is 0 Å². The third-order valence-corrected chi connectivity index (χ3v) is 3.72. The van der Waals surface area contributed by atoms with Gasteiger partial charge in [-0.05, 0) is 33.6 Å². The van der Waals surface area contributed by atoms with E-state index in [2.05, 4.69) is 25.6 Å². The minimum absolute atomic E-state index is 0.0564. The summed E-state index contributed by atoms with van der Waals surface area (Å²) in [5.41, 5.74) is -0.150. The van der Waals surface area contributed by atoms with Gasteiger partial charge in [0, 0.05) is 11.6 Å². The lowest BCUT2D eigenvalue weighted by atomic mass is 9.94. The summed E-state index contributed by atoms with van der Waals surface area (Å²) in [6.45, 7) is 4.40. The molecule has 0 radical (unpaired) electrons. The first kappa shape index (κ1) is 20.3. The van der Waals surface area contributed by atoms with Gasteiger partial charge in [0.1, 0.15) is 24.1 Å². The fourth-order valence-electron chi connectivity index (χ4n) is 2.29. The smallest absolute Gasteiger partial charge is 0.383 e. The third kappa shape index (κ3) is 4.77. The minimum atomic E-state index is -4.54. The molecule has 11 heteroatoms. The van der Waals surface area contributed by atoms with Crippen molar-refractivity contribution in [1.29, 1.82) is 0 Å². The first-order valence-corrected chi connectivity index (χ1v) is 8.06. The second-order valence-electron chi connectivity index (χ2n) is 6.34. The molecular weight excluding hydrogens is 361 g/mol. The van der Waals surface area contributed by atoms with Gasteiger partial charge in [0.15, 0.2) is 5.82 Å². The number of hydrogen-bond acceptors (Lipinski definition) is 6. The molecule has 3 N–H and O–H groups in total. The number of anilines is 2.